The fourth-order valence-corrected chi connectivity index (χ4v) is 3.82. The summed E-state index contributed by atoms with van der Waals surface area (Å²) in [6, 6.07) is 7.27. The second-order valence-corrected chi connectivity index (χ2v) is 7.74. The average Bonchev–Trinajstić information content (AvgIpc) is 3.04. The molecule has 1 aromatic heterocycles. The zero-order valence-electron chi connectivity index (χ0n) is 15.2. The van der Waals surface area contributed by atoms with Crippen molar-refractivity contribution in [3.05, 3.63) is 41.2 Å². The highest BCUT2D eigenvalue weighted by Gasteiger charge is 2.37. The third kappa shape index (κ3) is 4.34. The molecule has 2 fully saturated rings. The molecular formula is C20H23ClN2O4. The first-order chi connectivity index (χ1) is 13.1. The van der Waals surface area contributed by atoms with Crippen LogP contribution in [0.25, 0.3) is 11.5 Å². The molecule has 0 atom stereocenters. The predicted octanol–water partition coefficient (Wildman–Crippen LogP) is 3.19. The van der Waals surface area contributed by atoms with Gasteiger partial charge in [-0.15, -0.1) is 0 Å². The van der Waals surface area contributed by atoms with Crippen LogP contribution in [0.1, 0.15) is 18.5 Å². The monoisotopic (exact) mass is 390 g/mol. The first-order valence-corrected chi connectivity index (χ1v) is 9.65. The van der Waals surface area contributed by atoms with E-state index < -0.39 is 0 Å². The number of benzene rings is 1. The first-order valence-electron chi connectivity index (χ1n) is 9.27. The summed E-state index contributed by atoms with van der Waals surface area (Å²) >= 11 is 5.91. The van der Waals surface area contributed by atoms with Crippen LogP contribution in [-0.4, -0.2) is 55.3 Å². The highest BCUT2D eigenvalue weighted by atomic mass is 35.5. The molecule has 0 unspecified atom stereocenters. The van der Waals surface area contributed by atoms with Crippen LogP contribution in [0.4, 0.5) is 0 Å². The maximum atomic E-state index is 12.9. The van der Waals surface area contributed by atoms with Crippen molar-refractivity contribution in [3.63, 3.8) is 0 Å². The number of carbonyl (C=O) groups is 1. The summed E-state index contributed by atoms with van der Waals surface area (Å²) in [5, 5.41) is 0.658. The highest BCUT2D eigenvalue weighted by Crippen LogP contribution is 2.33. The van der Waals surface area contributed by atoms with Gasteiger partial charge in [-0.2, -0.15) is 0 Å². The molecule has 144 valence electrons. The second-order valence-electron chi connectivity index (χ2n) is 7.31. The lowest BCUT2D eigenvalue weighted by atomic mass is 9.80. The maximum absolute atomic E-state index is 12.9. The van der Waals surface area contributed by atoms with Crippen LogP contribution in [0.15, 0.2) is 34.9 Å². The van der Waals surface area contributed by atoms with Crippen molar-refractivity contribution in [1.82, 2.24) is 9.88 Å². The van der Waals surface area contributed by atoms with Gasteiger partial charge in [-0.1, -0.05) is 11.6 Å². The van der Waals surface area contributed by atoms with Crippen LogP contribution in [-0.2, 0) is 20.7 Å². The van der Waals surface area contributed by atoms with Gasteiger partial charge in [-0.05, 0) is 37.1 Å². The van der Waals surface area contributed by atoms with Crippen LogP contribution in [0, 0.1) is 5.41 Å². The molecule has 7 heteroatoms. The number of aromatic nitrogens is 1. The van der Waals surface area contributed by atoms with Crippen LogP contribution >= 0.6 is 11.6 Å². The molecule has 2 aromatic rings. The number of halogens is 1. The lowest BCUT2D eigenvalue weighted by molar-refractivity contribution is -0.132. The molecule has 0 radical (unpaired) electrons. The minimum atomic E-state index is 0.0166. The van der Waals surface area contributed by atoms with E-state index in [2.05, 4.69) is 4.98 Å². The molecule has 2 aliphatic heterocycles. The molecule has 0 N–H and O–H groups in total. The Morgan fingerprint density at radius 3 is 2.70 bits per heavy atom. The molecule has 0 bridgehead atoms. The van der Waals surface area contributed by atoms with Gasteiger partial charge in [0.15, 0.2) is 0 Å². The Hall–Kier alpha value is -1.89. The van der Waals surface area contributed by atoms with E-state index in [1.807, 2.05) is 17.0 Å². The Bertz CT molecular complexity index is 784. The summed E-state index contributed by atoms with van der Waals surface area (Å²) in [7, 11) is 0. The Labute approximate surface area is 163 Å². The fraction of sp³-hybridized carbons (Fsp3) is 0.500. The van der Waals surface area contributed by atoms with Crippen molar-refractivity contribution in [1.29, 1.82) is 0 Å². The third-order valence-electron chi connectivity index (χ3n) is 5.32. The number of hydrogen-bond donors (Lipinski definition) is 0. The summed E-state index contributed by atoms with van der Waals surface area (Å²) < 4.78 is 16.8. The third-order valence-corrected chi connectivity index (χ3v) is 5.57. The Kier molecular flexibility index (Phi) is 5.48. The number of ether oxygens (including phenoxy) is 2. The highest BCUT2D eigenvalue weighted by molar-refractivity contribution is 6.30. The molecule has 0 saturated carbocycles. The first kappa shape index (κ1) is 18.5. The summed E-state index contributed by atoms with van der Waals surface area (Å²) in [6.45, 7) is 4.08. The zero-order chi connectivity index (χ0) is 18.7. The van der Waals surface area contributed by atoms with Crippen LogP contribution in [0.3, 0.4) is 0 Å². The number of rotatable bonds is 3. The Morgan fingerprint density at radius 2 is 1.93 bits per heavy atom. The number of amides is 1. The van der Waals surface area contributed by atoms with E-state index in [1.165, 1.54) is 0 Å². The molecule has 1 amide bonds. The largest absolute Gasteiger partial charge is 0.444 e. The van der Waals surface area contributed by atoms with Crippen molar-refractivity contribution in [2.24, 2.45) is 5.41 Å². The van der Waals surface area contributed by atoms with E-state index in [0.717, 1.165) is 38.2 Å². The van der Waals surface area contributed by atoms with Crippen LogP contribution in [0.2, 0.25) is 5.02 Å². The minimum absolute atomic E-state index is 0.0166. The van der Waals surface area contributed by atoms with E-state index in [4.69, 9.17) is 25.5 Å². The Balaban J connectivity index is 1.43. The van der Waals surface area contributed by atoms with Crippen molar-refractivity contribution >= 4 is 17.5 Å². The maximum Gasteiger partial charge on any atom is 0.228 e. The van der Waals surface area contributed by atoms with Gasteiger partial charge in [-0.3, -0.25) is 4.79 Å². The normalized spacial score (nSPS) is 19.8. The van der Waals surface area contributed by atoms with Gasteiger partial charge in [0.25, 0.3) is 0 Å². The van der Waals surface area contributed by atoms with Crippen molar-refractivity contribution < 1.29 is 18.7 Å². The van der Waals surface area contributed by atoms with Gasteiger partial charge in [-0.25, -0.2) is 4.98 Å². The molecule has 1 aromatic carbocycles. The number of nitrogens with zero attached hydrogens (tertiary/aromatic N) is 2. The van der Waals surface area contributed by atoms with Gasteiger partial charge in [0, 0.05) is 42.3 Å². The zero-order valence-corrected chi connectivity index (χ0v) is 15.9. The number of oxazole rings is 1. The number of carbonyl (C=O) groups excluding carboxylic acids is 1. The SMILES string of the molecule is O=C(Cc1coc(-c2ccc(Cl)cc2)n1)N1CCOCC2(CCOCC2)C1. The van der Waals surface area contributed by atoms with Crippen LogP contribution in [0.5, 0.6) is 0 Å². The molecule has 2 saturated heterocycles. The van der Waals surface area contributed by atoms with Crippen molar-refractivity contribution in [2.45, 2.75) is 19.3 Å². The van der Waals surface area contributed by atoms with Crippen LogP contribution < -0.4 is 0 Å². The van der Waals surface area contributed by atoms with E-state index in [0.29, 0.717) is 36.4 Å². The second kappa shape index (κ2) is 8.00. The van der Waals surface area contributed by atoms with Crippen molar-refractivity contribution in [2.75, 3.05) is 39.5 Å². The average molecular weight is 391 g/mol. The predicted molar refractivity (Wildman–Crippen MR) is 101 cm³/mol. The smallest absolute Gasteiger partial charge is 0.228 e. The summed E-state index contributed by atoms with van der Waals surface area (Å²) in [4.78, 5) is 19.3. The van der Waals surface area contributed by atoms with E-state index in [1.54, 1.807) is 18.4 Å². The molecule has 0 aliphatic carbocycles. The summed E-state index contributed by atoms with van der Waals surface area (Å²) in [5.74, 6) is 0.553. The molecule has 4 rings (SSSR count). The fourth-order valence-electron chi connectivity index (χ4n) is 3.69. The van der Waals surface area contributed by atoms with E-state index in [9.17, 15) is 4.79 Å². The van der Waals surface area contributed by atoms with E-state index >= 15 is 0 Å². The van der Waals surface area contributed by atoms with E-state index in [-0.39, 0.29) is 17.7 Å². The topological polar surface area (TPSA) is 64.8 Å². The quantitative estimate of drug-likeness (QED) is 0.805. The standard InChI is InChI=1S/C20H23ClN2O4/c21-16-3-1-15(2-4-16)19-22-17(12-27-19)11-18(24)23-7-10-26-14-20(13-23)5-8-25-9-6-20/h1-4,12H,5-11,13-14H2. The van der Waals surface area contributed by atoms with Crippen molar-refractivity contribution in [3.8, 4) is 11.5 Å². The van der Waals surface area contributed by atoms with Gasteiger partial charge >= 0.3 is 0 Å². The van der Waals surface area contributed by atoms with Gasteiger partial charge in [0.2, 0.25) is 11.8 Å². The summed E-state index contributed by atoms with van der Waals surface area (Å²) in [6.07, 6.45) is 3.65. The Morgan fingerprint density at radius 1 is 1.15 bits per heavy atom. The van der Waals surface area contributed by atoms with Gasteiger partial charge in [0.05, 0.1) is 25.3 Å². The van der Waals surface area contributed by atoms with Gasteiger partial charge < -0.3 is 18.8 Å². The lowest BCUT2D eigenvalue weighted by Crippen LogP contribution is -2.45. The molecule has 3 heterocycles. The molecule has 1 spiro atoms. The molecule has 6 nitrogen and oxygen atoms in total. The molecular weight excluding hydrogens is 368 g/mol. The van der Waals surface area contributed by atoms with Gasteiger partial charge in [0.1, 0.15) is 6.26 Å². The molecule has 2 aliphatic rings. The molecule has 27 heavy (non-hydrogen) atoms. The lowest BCUT2D eigenvalue weighted by Gasteiger charge is -2.38. The summed E-state index contributed by atoms with van der Waals surface area (Å²) in [5.41, 5.74) is 1.49. The minimum Gasteiger partial charge on any atom is -0.444 e. The number of hydrogen-bond acceptors (Lipinski definition) is 5.